The summed E-state index contributed by atoms with van der Waals surface area (Å²) in [5, 5.41) is 5.35. The van der Waals surface area contributed by atoms with Crippen molar-refractivity contribution >= 4 is 17.9 Å². The van der Waals surface area contributed by atoms with Crippen LogP contribution in [-0.2, 0) is 28.5 Å². The molecule has 3 amide bonds. The molecule has 0 atom stereocenters. The summed E-state index contributed by atoms with van der Waals surface area (Å²) in [5.74, 6) is -0.670. The summed E-state index contributed by atoms with van der Waals surface area (Å²) in [4.78, 5) is 33.3. The Kier molecular flexibility index (Phi) is 15.9. The Morgan fingerprint density at radius 1 is 0.759 bits per heavy atom. The number of hydrogen-bond acceptors (Lipinski definition) is 7. The van der Waals surface area contributed by atoms with Crippen molar-refractivity contribution in [1.29, 1.82) is 0 Å². The third-order valence-corrected chi connectivity index (χ3v) is 3.26. The maximum absolute atomic E-state index is 11.4. The Labute approximate surface area is 173 Å². The van der Waals surface area contributed by atoms with E-state index in [9.17, 15) is 14.4 Å². The van der Waals surface area contributed by atoms with E-state index in [0.717, 1.165) is 0 Å². The highest BCUT2D eigenvalue weighted by Crippen LogP contribution is 2.06. The van der Waals surface area contributed by atoms with Gasteiger partial charge in [0.1, 0.15) is 5.60 Å². The van der Waals surface area contributed by atoms with Crippen LogP contribution >= 0.6 is 0 Å². The summed E-state index contributed by atoms with van der Waals surface area (Å²) < 4.78 is 21.3. The Bertz CT molecular complexity index is 467. The van der Waals surface area contributed by atoms with Gasteiger partial charge in [0.25, 0.3) is 0 Å². The van der Waals surface area contributed by atoms with Gasteiger partial charge in [-0.1, -0.05) is 0 Å². The summed E-state index contributed by atoms with van der Waals surface area (Å²) in [6.07, 6.45) is 1.13. The molecule has 29 heavy (non-hydrogen) atoms. The predicted molar refractivity (Wildman–Crippen MR) is 107 cm³/mol. The quantitative estimate of drug-likeness (QED) is 0.295. The second-order valence-electron chi connectivity index (χ2n) is 7.29. The van der Waals surface area contributed by atoms with E-state index in [1.807, 2.05) is 20.8 Å². The van der Waals surface area contributed by atoms with Crippen molar-refractivity contribution in [3.05, 3.63) is 0 Å². The molecule has 0 aliphatic rings. The number of amides is 3. The molecule has 0 fully saturated rings. The van der Waals surface area contributed by atoms with E-state index in [4.69, 9.17) is 24.7 Å². The van der Waals surface area contributed by atoms with Crippen molar-refractivity contribution in [1.82, 2.24) is 10.6 Å². The lowest BCUT2D eigenvalue weighted by Crippen LogP contribution is -2.33. The van der Waals surface area contributed by atoms with E-state index in [1.54, 1.807) is 0 Å². The second kappa shape index (κ2) is 17.0. The fraction of sp³-hybridized carbons (Fsp3) is 0.842. The number of hydrogen-bond donors (Lipinski definition) is 3. The van der Waals surface area contributed by atoms with E-state index < -0.39 is 17.6 Å². The van der Waals surface area contributed by atoms with Gasteiger partial charge < -0.3 is 35.3 Å². The van der Waals surface area contributed by atoms with Crippen LogP contribution in [0.1, 0.15) is 46.5 Å². The zero-order valence-corrected chi connectivity index (χ0v) is 17.9. The van der Waals surface area contributed by atoms with Crippen LogP contribution in [-0.4, -0.2) is 76.2 Å². The first-order chi connectivity index (χ1) is 13.7. The van der Waals surface area contributed by atoms with Gasteiger partial charge in [-0.15, -0.1) is 0 Å². The first kappa shape index (κ1) is 27.1. The first-order valence-corrected chi connectivity index (χ1v) is 9.96. The van der Waals surface area contributed by atoms with Crippen LogP contribution in [0.4, 0.5) is 4.79 Å². The lowest BCUT2D eigenvalue weighted by molar-refractivity contribution is -0.125. The van der Waals surface area contributed by atoms with Gasteiger partial charge in [-0.05, 0) is 33.6 Å². The normalized spacial score (nSPS) is 11.1. The third-order valence-electron chi connectivity index (χ3n) is 3.26. The molecule has 10 heteroatoms. The molecule has 0 rings (SSSR count). The topological polar surface area (TPSA) is 138 Å². The van der Waals surface area contributed by atoms with Gasteiger partial charge in [-0.3, -0.25) is 9.59 Å². The molecule has 170 valence electrons. The standard InChI is InChI=1S/C19H37N3O7/c1-19(2,3)29-18(25)22-9-5-11-27-13-15-28-14-12-26-10-4-8-21-17(24)7-6-16(20)23/h4-15H2,1-3H3,(H2,20,23)(H,21,24)(H,22,25). The molecule has 0 saturated carbocycles. The van der Waals surface area contributed by atoms with Crippen LogP contribution in [0.2, 0.25) is 0 Å². The summed E-state index contributed by atoms with van der Waals surface area (Å²) in [6.45, 7) is 9.36. The predicted octanol–water partition coefficient (Wildman–Crippen LogP) is 0.723. The molecular formula is C19H37N3O7. The highest BCUT2D eigenvalue weighted by Gasteiger charge is 2.15. The molecule has 0 unspecified atom stereocenters. The minimum atomic E-state index is -0.495. The Hall–Kier alpha value is -1.91. The highest BCUT2D eigenvalue weighted by molar-refractivity contribution is 5.82. The monoisotopic (exact) mass is 419 g/mol. The van der Waals surface area contributed by atoms with Gasteiger partial charge >= 0.3 is 6.09 Å². The van der Waals surface area contributed by atoms with Gasteiger partial charge in [-0.2, -0.15) is 0 Å². The van der Waals surface area contributed by atoms with Crippen molar-refractivity contribution in [2.45, 2.75) is 52.1 Å². The first-order valence-electron chi connectivity index (χ1n) is 9.96. The molecule has 0 spiro atoms. The molecule has 0 aliphatic carbocycles. The molecule has 4 N–H and O–H groups in total. The number of ether oxygens (including phenoxy) is 4. The van der Waals surface area contributed by atoms with Crippen molar-refractivity contribution in [3.63, 3.8) is 0 Å². The SMILES string of the molecule is CC(C)(C)OC(=O)NCCCOCCOCCOCCCNC(=O)CCC(N)=O. The van der Waals surface area contributed by atoms with Crippen LogP contribution in [0, 0.1) is 0 Å². The number of alkyl carbamates (subject to hydrolysis) is 1. The number of nitrogens with two attached hydrogens (primary N) is 1. The number of primary amides is 1. The minimum Gasteiger partial charge on any atom is -0.444 e. The Morgan fingerprint density at radius 3 is 1.72 bits per heavy atom. The van der Waals surface area contributed by atoms with E-state index in [1.165, 1.54) is 0 Å². The number of rotatable bonds is 17. The summed E-state index contributed by atoms with van der Waals surface area (Å²) in [6, 6.07) is 0. The third kappa shape index (κ3) is 22.2. The van der Waals surface area contributed by atoms with Gasteiger partial charge in [0.2, 0.25) is 11.8 Å². The van der Waals surface area contributed by atoms with Crippen molar-refractivity contribution in [2.24, 2.45) is 5.73 Å². The largest absolute Gasteiger partial charge is 0.444 e. The van der Waals surface area contributed by atoms with Crippen LogP contribution in [0.25, 0.3) is 0 Å². The van der Waals surface area contributed by atoms with Crippen LogP contribution in [0.3, 0.4) is 0 Å². The molecule has 0 bridgehead atoms. The molecule has 0 heterocycles. The van der Waals surface area contributed by atoms with E-state index in [2.05, 4.69) is 10.6 Å². The number of carbonyl (C=O) groups excluding carboxylic acids is 3. The van der Waals surface area contributed by atoms with Crippen molar-refractivity contribution in [2.75, 3.05) is 52.7 Å². The zero-order chi connectivity index (χ0) is 22.0. The van der Waals surface area contributed by atoms with Crippen molar-refractivity contribution < 1.29 is 33.3 Å². The molecule has 0 radical (unpaired) electrons. The van der Waals surface area contributed by atoms with E-state index in [-0.39, 0.29) is 18.7 Å². The lowest BCUT2D eigenvalue weighted by Gasteiger charge is -2.19. The Morgan fingerprint density at radius 2 is 1.24 bits per heavy atom. The molecule has 0 aromatic heterocycles. The van der Waals surface area contributed by atoms with Crippen LogP contribution in [0.15, 0.2) is 0 Å². The smallest absolute Gasteiger partial charge is 0.407 e. The van der Waals surface area contributed by atoms with Gasteiger partial charge in [-0.25, -0.2) is 4.79 Å². The highest BCUT2D eigenvalue weighted by atomic mass is 16.6. The summed E-state index contributed by atoms with van der Waals surface area (Å²) >= 11 is 0. The summed E-state index contributed by atoms with van der Waals surface area (Å²) in [7, 11) is 0. The molecule has 0 aliphatic heterocycles. The van der Waals surface area contributed by atoms with Crippen LogP contribution < -0.4 is 16.4 Å². The van der Waals surface area contributed by atoms with Gasteiger partial charge in [0.05, 0.1) is 26.4 Å². The lowest BCUT2D eigenvalue weighted by atomic mass is 10.2. The molecule has 0 aromatic rings. The average molecular weight is 420 g/mol. The van der Waals surface area contributed by atoms with Crippen molar-refractivity contribution in [3.8, 4) is 0 Å². The minimum absolute atomic E-state index is 0.0619. The van der Waals surface area contributed by atoms with Gasteiger partial charge in [0, 0.05) is 39.1 Å². The molecule has 0 aromatic carbocycles. The number of nitrogens with one attached hydrogen (secondary N) is 2. The second-order valence-corrected chi connectivity index (χ2v) is 7.29. The maximum Gasteiger partial charge on any atom is 0.407 e. The van der Waals surface area contributed by atoms with E-state index >= 15 is 0 Å². The maximum atomic E-state index is 11.4. The molecule has 10 nitrogen and oxygen atoms in total. The summed E-state index contributed by atoms with van der Waals surface area (Å²) in [5.41, 5.74) is 4.48. The Balaban J connectivity index is 3.23. The van der Waals surface area contributed by atoms with E-state index in [0.29, 0.717) is 65.6 Å². The fourth-order valence-electron chi connectivity index (χ4n) is 1.95. The zero-order valence-electron chi connectivity index (χ0n) is 17.9. The fourth-order valence-corrected chi connectivity index (χ4v) is 1.95. The number of carbonyl (C=O) groups is 3. The van der Waals surface area contributed by atoms with Gasteiger partial charge in [0.15, 0.2) is 0 Å². The molecular weight excluding hydrogens is 382 g/mol. The van der Waals surface area contributed by atoms with Crippen LogP contribution in [0.5, 0.6) is 0 Å². The average Bonchev–Trinajstić information content (AvgIpc) is 2.61. The molecule has 0 saturated heterocycles.